The number of anilines is 1. The molecule has 0 aliphatic carbocycles. The highest BCUT2D eigenvalue weighted by atomic mass is 79.9. The first kappa shape index (κ1) is 16.1. The number of rotatable bonds is 6. The van der Waals surface area contributed by atoms with E-state index < -0.39 is 0 Å². The molecule has 0 amide bonds. The van der Waals surface area contributed by atoms with Crippen molar-refractivity contribution in [3.05, 3.63) is 64.1 Å². The number of nitrogens with two attached hydrogens (primary N) is 1. The SMILES string of the molecule is CC(CCN(C)Cc1ccccc1Br)c1ccc(N)cc1. The van der Waals surface area contributed by atoms with Crippen LogP contribution in [0.2, 0.25) is 0 Å². The average Bonchev–Trinajstić information content (AvgIpc) is 2.48. The number of halogens is 1. The summed E-state index contributed by atoms with van der Waals surface area (Å²) >= 11 is 3.61. The first-order chi connectivity index (χ1) is 10.1. The fourth-order valence-corrected chi connectivity index (χ4v) is 2.81. The van der Waals surface area contributed by atoms with Crippen molar-refractivity contribution in [3.63, 3.8) is 0 Å². The Morgan fingerprint density at radius 3 is 2.43 bits per heavy atom. The van der Waals surface area contributed by atoms with Crippen LogP contribution in [0.4, 0.5) is 5.69 Å². The molecular weight excluding hydrogens is 324 g/mol. The third-order valence-corrected chi connectivity index (χ3v) is 4.62. The number of hydrogen-bond acceptors (Lipinski definition) is 2. The molecule has 3 heteroatoms. The van der Waals surface area contributed by atoms with E-state index in [9.17, 15) is 0 Å². The fraction of sp³-hybridized carbons (Fsp3) is 0.333. The van der Waals surface area contributed by atoms with Crippen LogP contribution in [-0.2, 0) is 6.54 Å². The zero-order valence-electron chi connectivity index (χ0n) is 12.7. The summed E-state index contributed by atoms with van der Waals surface area (Å²) in [6.45, 7) is 4.32. The molecule has 0 aliphatic heterocycles. The van der Waals surface area contributed by atoms with Crippen molar-refractivity contribution in [2.75, 3.05) is 19.3 Å². The van der Waals surface area contributed by atoms with Gasteiger partial charge < -0.3 is 10.6 Å². The molecule has 0 saturated heterocycles. The molecule has 0 spiro atoms. The van der Waals surface area contributed by atoms with Gasteiger partial charge in [0.05, 0.1) is 0 Å². The molecule has 2 N–H and O–H groups in total. The van der Waals surface area contributed by atoms with Crippen LogP contribution >= 0.6 is 15.9 Å². The fourth-order valence-electron chi connectivity index (χ4n) is 2.40. The van der Waals surface area contributed by atoms with Gasteiger partial charge in [0.1, 0.15) is 0 Å². The van der Waals surface area contributed by atoms with E-state index in [1.54, 1.807) is 0 Å². The maximum Gasteiger partial charge on any atom is 0.0314 e. The van der Waals surface area contributed by atoms with Crippen LogP contribution in [0.15, 0.2) is 53.0 Å². The standard InChI is InChI=1S/C18H23BrN2/c1-14(15-7-9-17(20)10-8-15)11-12-21(2)13-16-5-3-4-6-18(16)19/h3-10,14H,11-13,20H2,1-2H3. The van der Waals surface area contributed by atoms with Gasteiger partial charge >= 0.3 is 0 Å². The predicted octanol–water partition coefficient (Wildman–Crippen LogP) is 4.66. The molecule has 1 atom stereocenters. The van der Waals surface area contributed by atoms with Crippen LogP contribution in [0.5, 0.6) is 0 Å². The molecule has 1 unspecified atom stereocenters. The molecule has 0 saturated carbocycles. The van der Waals surface area contributed by atoms with Gasteiger partial charge in [-0.3, -0.25) is 0 Å². The van der Waals surface area contributed by atoms with Crippen molar-refractivity contribution in [3.8, 4) is 0 Å². The predicted molar refractivity (Wildman–Crippen MR) is 94.4 cm³/mol. The quantitative estimate of drug-likeness (QED) is 0.771. The number of nitrogens with zero attached hydrogens (tertiary/aromatic N) is 1. The summed E-state index contributed by atoms with van der Waals surface area (Å²) in [5, 5.41) is 0. The van der Waals surface area contributed by atoms with Crippen LogP contribution in [0.25, 0.3) is 0 Å². The molecule has 0 heterocycles. The Bertz CT molecular complexity index is 566. The van der Waals surface area contributed by atoms with E-state index >= 15 is 0 Å². The minimum atomic E-state index is 0.548. The summed E-state index contributed by atoms with van der Waals surface area (Å²) in [6, 6.07) is 16.6. The maximum atomic E-state index is 5.74. The highest BCUT2D eigenvalue weighted by Gasteiger charge is 2.08. The smallest absolute Gasteiger partial charge is 0.0314 e. The number of hydrogen-bond donors (Lipinski definition) is 1. The molecule has 0 radical (unpaired) electrons. The van der Waals surface area contributed by atoms with E-state index in [0.717, 1.165) is 25.2 Å². The molecule has 0 bridgehead atoms. The topological polar surface area (TPSA) is 29.3 Å². The van der Waals surface area contributed by atoms with Crippen molar-refractivity contribution in [2.45, 2.75) is 25.8 Å². The molecule has 112 valence electrons. The van der Waals surface area contributed by atoms with Gasteiger partial charge in [-0.2, -0.15) is 0 Å². The second-order valence-electron chi connectivity index (χ2n) is 5.69. The Morgan fingerprint density at radius 1 is 1.10 bits per heavy atom. The molecular formula is C18H23BrN2. The zero-order chi connectivity index (χ0) is 15.2. The van der Waals surface area contributed by atoms with E-state index in [1.807, 2.05) is 12.1 Å². The molecule has 0 fully saturated rings. The van der Waals surface area contributed by atoms with Crippen LogP contribution in [0.3, 0.4) is 0 Å². The minimum Gasteiger partial charge on any atom is -0.399 e. The van der Waals surface area contributed by atoms with Gasteiger partial charge in [-0.05, 0) is 55.3 Å². The van der Waals surface area contributed by atoms with Crippen molar-refractivity contribution in [2.24, 2.45) is 0 Å². The molecule has 2 aromatic carbocycles. The lowest BCUT2D eigenvalue weighted by atomic mass is 9.97. The van der Waals surface area contributed by atoms with E-state index in [2.05, 4.69) is 71.2 Å². The van der Waals surface area contributed by atoms with Crippen molar-refractivity contribution >= 4 is 21.6 Å². The van der Waals surface area contributed by atoms with Gasteiger partial charge in [0, 0.05) is 16.7 Å². The van der Waals surface area contributed by atoms with Crippen LogP contribution in [-0.4, -0.2) is 18.5 Å². The highest BCUT2D eigenvalue weighted by Crippen LogP contribution is 2.21. The lowest BCUT2D eigenvalue weighted by Gasteiger charge is -2.20. The Morgan fingerprint density at radius 2 is 1.76 bits per heavy atom. The third kappa shape index (κ3) is 4.87. The van der Waals surface area contributed by atoms with E-state index in [-0.39, 0.29) is 0 Å². The summed E-state index contributed by atoms with van der Waals surface area (Å²) < 4.78 is 1.18. The third-order valence-electron chi connectivity index (χ3n) is 3.85. The largest absolute Gasteiger partial charge is 0.399 e. The maximum absolute atomic E-state index is 5.74. The Kier molecular flexibility index (Phi) is 5.83. The van der Waals surface area contributed by atoms with Gasteiger partial charge in [0.15, 0.2) is 0 Å². The Labute approximate surface area is 136 Å². The van der Waals surface area contributed by atoms with E-state index in [0.29, 0.717) is 5.92 Å². The second-order valence-corrected chi connectivity index (χ2v) is 6.54. The molecule has 2 aromatic rings. The Hall–Kier alpha value is -1.32. The van der Waals surface area contributed by atoms with Crippen LogP contribution in [0, 0.1) is 0 Å². The average molecular weight is 347 g/mol. The molecule has 2 rings (SSSR count). The summed E-state index contributed by atoms with van der Waals surface area (Å²) in [7, 11) is 2.18. The van der Waals surface area contributed by atoms with Gasteiger partial charge in [-0.1, -0.05) is 53.2 Å². The molecule has 2 nitrogen and oxygen atoms in total. The molecule has 0 aromatic heterocycles. The number of nitrogen functional groups attached to an aromatic ring is 1. The highest BCUT2D eigenvalue weighted by molar-refractivity contribution is 9.10. The summed E-state index contributed by atoms with van der Waals surface area (Å²) in [4.78, 5) is 2.37. The van der Waals surface area contributed by atoms with Gasteiger partial charge in [-0.25, -0.2) is 0 Å². The zero-order valence-corrected chi connectivity index (χ0v) is 14.3. The van der Waals surface area contributed by atoms with Crippen molar-refractivity contribution < 1.29 is 0 Å². The van der Waals surface area contributed by atoms with Crippen LogP contribution in [0.1, 0.15) is 30.4 Å². The minimum absolute atomic E-state index is 0.548. The van der Waals surface area contributed by atoms with Gasteiger partial charge in [-0.15, -0.1) is 0 Å². The Balaban J connectivity index is 1.85. The van der Waals surface area contributed by atoms with Gasteiger partial charge in [0.2, 0.25) is 0 Å². The first-order valence-electron chi connectivity index (χ1n) is 7.33. The first-order valence-corrected chi connectivity index (χ1v) is 8.13. The van der Waals surface area contributed by atoms with Crippen molar-refractivity contribution in [1.29, 1.82) is 0 Å². The monoisotopic (exact) mass is 346 g/mol. The van der Waals surface area contributed by atoms with Crippen LogP contribution < -0.4 is 5.73 Å². The lowest BCUT2D eigenvalue weighted by molar-refractivity contribution is 0.313. The lowest BCUT2D eigenvalue weighted by Crippen LogP contribution is -2.20. The molecule has 0 aliphatic rings. The van der Waals surface area contributed by atoms with Crippen molar-refractivity contribution in [1.82, 2.24) is 4.90 Å². The van der Waals surface area contributed by atoms with Gasteiger partial charge in [0.25, 0.3) is 0 Å². The summed E-state index contributed by atoms with van der Waals surface area (Å²) in [6.07, 6.45) is 1.14. The normalized spacial score (nSPS) is 12.6. The molecule has 21 heavy (non-hydrogen) atoms. The summed E-state index contributed by atoms with van der Waals surface area (Å²) in [5.41, 5.74) is 9.26. The van der Waals surface area contributed by atoms with E-state index in [1.165, 1.54) is 15.6 Å². The van der Waals surface area contributed by atoms with E-state index in [4.69, 9.17) is 5.73 Å². The second kappa shape index (κ2) is 7.62. The number of benzene rings is 2. The summed E-state index contributed by atoms with van der Waals surface area (Å²) in [5.74, 6) is 0.548.